The van der Waals surface area contributed by atoms with Crippen LogP contribution in [0.4, 0.5) is 0 Å². The van der Waals surface area contributed by atoms with Crippen LogP contribution in [-0.4, -0.2) is 29.2 Å². The molecule has 1 aliphatic rings. The minimum absolute atomic E-state index is 0.0260. The second-order valence-electron chi connectivity index (χ2n) is 6.26. The lowest BCUT2D eigenvalue weighted by molar-refractivity contribution is 0.0712. The average molecular weight is 316 g/mol. The molecule has 0 spiro atoms. The maximum Gasteiger partial charge on any atom is 0.253 e. The third kappa shape index (κ3) is 3.34. The molecule has 1 N–H and O–H groups in total. The molecule has 1 fully saturated rings. The van der Waals surface area contributed by atoms with Gasteiger partial charge in [-0.2, -0.15) is 0 Å². The number of nitrogens with one attached hydrogen (secondary N) is 1. The number of furan rings is 1. The summed E-state index contributed by atoms with van der Waals surface area (Å²) in [5.74, 6) is 0.846. The SMILES string of the molecule is Cc1cc(C(=O)NC(C)C2CCCO2)c(C)n1Cc1ccco1. The number of aromatic nitrogens is 1. The van der Waals surface area contributed by atoms with Gasteiger partial charge in [0.05, 0.1) is 30.5 Å². The fraction of sp³-hybridized carbons (Fsp3) is 0.500. The second kappa shape index (κ2) is 6.62. The third-order valence-corrected chi connectivity index (χ3v) is 4.59. The van der Waals surface area contributed by atoms with E-state index >= 15 is 0 Å². The molecular weight excluding hydrogens is 292 g/mol. The molecule has 0 aromatic carbocycles. The molecule has 3 rings (SSSR count). The number of carbonyl (C=O) groups excluding carboxylic acids is 1. The van der Waals surface area contributed by atoms with Gasteiger partial charge >= 0.3 is 0 Å². The molecule has 5 nitrogen and oxygen atoms in total. The summed E-state index contributed by atoms with van der Waals surface area (Å²) in [5.41, 5.74) is 2.73. The van der Waals surface area contributed by atoms with Crippen LogP contribution in [0.15, 0.2) is 28.9 Å². The predicted molar refractivity (Wildman–Crippen MR) is 87.6 cm³/mol. The highest BCUT2D eigenvalue weighted by atomic mass is 16.5. The standard InChI is InChI=1S/C18H24N2O3/c1-12-10-16(14(3)20(12)11-15-6-4-8-22-15)18(21)19-13(2)17-7-5-9-23-17/h4,6,8,10,13,17H,5,7,9,11H2,1-3H3,(H,19,21). The zero-order chi connectivity index (χ0) is 16.4. The average Bonchev–Trinajstić information content (AvgIpc) is 3.25. The van der Waals surface area contributed by atoms with Gasteiger partial charge in [-0.05, 0) is 51.8 Å². The Morgan fingerprint density at radius 2 is 2.30 bits per heavy atom. The van der Waals surface area contributed by atoms with Crippen molar-refractivity contribution in [3.05, 3.63) is 47.2 Å². The minimum atomic E-state index is -0.0354. The van der Waals surface area contributed by atoms with E-state index in [0.717, 1.165) is 42.2 Å². The van der Waals surface area contributed by atoms with Gasteiger partial charge in [-0.15, -0.1) is 0 Å². The number of aryl methyl sites for hydroxylation is 1. The van der Waals surface area contributed by atoms with E-state index in [4.69, 9.17) is 9.15 Å². The first kappa shape index (κ1) is 15.9. The molecule has 2 aromatic heterocycles. The molecular formula is C18H24N2O3. The van der Waals surface area contributed by atoms with Gasteiger partial charge in [-0.3, -0.25) is 4.79 Å². The minimum Gasteiger partial charge on any atom is -0.467 e. The summed E-state index contributed by atoms with van der Waals surface area (Å²) in [5, 5.41) is 3.08. The van der Waals surface area contributed by atoms with Crippen LogP contribution in [0.25, 0.3) is 0 Å². The van der Waals surface area contributed by atoms with Gasteiger partial charge < -0.3 is 19.0 Å². The molecule has 2 atom stereocenters. The summed E-state index contributed by atoms with van der Waals surface area (Å²) in [6.45, 7) is 7.43. The molecule has 124 valence electrons. The molecule has 2 unspecified atom stereocenters. The lowest BCUT2D eigenvalue weighted by Crippen LogP contribution is -2.41. The van der Waals surface area contributed by atoms with E-state index in [1.807, 2.05) is 39.0 Å². The fourth-order valence-corrected chi connectivity index (χ4v) is 3.21. The second-order valence-corrected chi connectivity index (χ2v) is 6.26. The molecule has 3 heterocycles. The Hall–Kier alpha value is -2.01. The van der Waals surface area contributed by atoms with E-state index in [1.54, 1.807) is 6.26 Å². The number of amides is 1. The highest BCUT2D eigenvalue weighted by molar-refractivity contribution is 5.95. The molecule has 0 radical (unpaired) electrons. The van der Waals surface area contributed by atoms with Crippen LogP contribution < -0.4 is 5.32 Å². The molecule has 0 aliphatic carbocycles. The Balaban J connectivity index is 1.73. The van der Waals surface area contributed by atoms with Crippen LogP contribution in [0.2, 0.25) is 0 Å². The number of carbonyl (C=O) groups is 1. The van der Waals surface area contributed by atoms with Crippen molar-refractivity contribution in [3.8, 4) is 0 Å². The Morgan fingerprint density at radius 3 is 2.96 bits per heavy atom. The first-order valence-corrected chi connectivity index (χ1v) is 8.18. The highest BCUT2D eigenvalue weighted by Crippen LogP contribution is 2.19. The Bertz CT molecular complexity index is 667. The molecule has 1 aliphatic heterocycles. The molecule has 1 saturated heterocycles. The molecule has 5 heteroatoms. The van der Waals surface area contributed by atoms with Gasteiger partial charge in [0.2, 0.25) is 0 Å². The Kier molecular flexibility index (Phi) is 4.57. The van der Waals surface area contributed by atoms with Crippen LogP contribution >= 0.6 is 0 Å². The van der Waals surface area contributed by atoms with Gasteiger partial charge in [0, 0.05) is 18.0 Å². The van der Waals surface area contributed by atoms with Crippen LogP contribution in [0.3, 0.4) is 0 Å². The summed E-state index contributed by atoms with van der Waals surface area (Å²) >= 11 is 0. The van der Waals surface area contributed by atoms with Gasteiger partial charge in [0.25, 0.3) is 5.91 Å². The largest absolute Gasteiger partial charge is 0.467 e. The van der Waals surface area contributed by atoms with Gasteiger partial charge in [-0.25, -0.2) is 0 Å². The first-order chi connectivity index (χ1) is 11.1. The van der Waals surface area contributed by atoms with Crippen molar-refractivity contribution in [2.24, 2.45) is 0 Å². The summed E-state index contributed by atoms with van der Waals surface area (Å²) in [7, 11) is 0. The summed E-state index contributed by atoms with van der Waals surface area (Å²) in [4.78, 5) is 12.6. The smallest absolute Gasteiger partial charge is 0.253 e. The zero-order valence-corrected chi connectivity index (χ0v) is 14.0. The van der Waals surface area contributed by atoms with Crippen molar-refractivity contribution in [1.82, 2.24) is 9.88 Å². The summed E-state index contributed by atoms with van der Waals surface area (Å²) < 4.78 is 13.2. The number of hydrogen-bond donors (Lipinski definition) is 1. The summed E-state index contributed by atoms with van der Waals surface area (Å²) in [6, 6.07) is 5.78. The van der Waals surface area contributed by atoms with Crippen LogP contribution in [0, 0.1) is 13.8 Å². The van der Waals surface area contributed by atoms with Crippen molar-refractivity contribution < 1.29 is 13.9 Å². The van der Waals surface area contributed by atoms with Gasteiger partial charge in [-0.1, -0.05) is 0 Å². The van der Waals surface area contributed by atoms with Gasteiger partial charge in [0.1, 0.15) is 5.76 Å². The van der Waals surface area contributed by atoms with Crippen molar-refractivity contribution in [2.45, 2.75) is 52.3 Å². The van der Waals surface area contributed by atoms with E-state index < -0.39 is 0 Å². The lowest BCUT2D eigenvalue weighted by Gasteiger charge is -2.20. The van der Waals surface area contributed by atoms with E-state index in [9.17, 15) is 4.79 Å². The maximum atomic E-state index is 12.6. The molecule has 0 bridgehead atoms. The number of nitrogens with zero attached hydrogens (tertiary/aromatic N) is 1. The Morgan fingerprint density at radius 1 is 1.48 bits per heavy atom. The lowest BCUT2D eigenvalue weighted by atomic mass is 10.1. The van der Waals surface area contributed by atoms with Crippen LogP contribution in [0.5, 0.6) is 0 Å². The quantitative estimate of drug-likeness (QED) is 0.922. The van der Waals surface area contributed by atoms with Crippen molar-refractivity contribution >= 4 is 5.91 Å². The molecule has 0 saturated carbocycles. The number of ether oxygens (including phenoxy) is 1. The predicted octanol–water partition coefficient (Wildman–Crippen LogP) is 3.04. The number of rotatable bonds is 5. The van der Waals surface area contributed by atoms with E-state index in [0.29, 0.717) is 6.54 Å². The normalized spacial score (nSPS) is 19.0. The molecule has 23 heavy (non-hydrogen) atoms. The van der Waals surface area contributed by atoms with E-state index in [2.05, 4.69) is 9.88 Å². The van der Waals surface area contributed by atoms with Crippen molar-refractivity contribution in [3.63, 3.8) is 0 Å². The number of hydrogen-bond acceptors (Lipinski definition) is 3. The molecule has 1 amide bonds. The summed E-state index contributed by atoms with van der Waals surface area (Å²) in [6.07, 6.45) is 3.88. The third-order valence-electron chi connectivity index (χ3n) is 4.59. The first-order valence-electron chi connectivity index (χ1n) is 8.18. The topological polar surface area (TPSA) is 56.4 Å². The maximum absolute atomic E-state index is 12.6. The van der Waals surface area contributed by atoms with Crippen molar-refractivity contribution in [2.75, 3.05) is 6.61 Å². The highest BCUT2D eigenvalue weighted by Gasteiger charge is 2.25. The molecule has 2 aromatic rings. The van der Waals surface area contributed by atoms with Crippen LogP contribution in [0.1, 0.15) is 47.3 Å². The fourth-order valence-electron chi connectivity index (χ4n) is 3.21. The Labute approximate surface area is 136 Å². The van der Waals surface area contributed by atoms with E-state index in [-0.39, 0.29) is 18.1 Å². The van der Waals surface area contributed by atoms with E-state index in [1.165, 1.54) is 0 Å². The monoisotopic (exact) mass is 316 g/mol. The zero-order valence-electron chi connectivity index (χ0n) is 14.0. The van der Waals surface area contributed by atoms with Crippen LogP contribution in [-0.2, 0) is 11.3 Å². The van der Waals surface area contributed by atoms with Crippen molar-refractivity contribution in [1.29, 1.82) is 0 Å². The van der Waals surface area contributed by atoms with Gasteiger partial charge in [0.15, 0.2) is 0 Å².